The molecule has 0 aliphatic rings. The normalized spacial score (nSPS) is 12.3. The number of benzene rings is 1. The average molecular weight is 274 g/mol. The van der Waals surface area contributed by atoms with Crippen molar-refractivity contribution in [3.05, 3.63) is 57.4 Å². The first-order chi connectivity index (χ1) is 9.52. The van der Waals surface area contributed by atoms with Crippen LogP contribution < -0.4 is 5.73 Å². The quantitative estimate of drug-likeness (QED) is 0.670. The van der Waals surface area contributed by atoms with Gasteiger partial charge in [0.1, 0.15) is 0 Å². The summed E-state index contributed by atoms with van der Waals surface area (Å²) in [5.41, 5.74) is 8.64. The van der Waals surface area contributed by atoms with Crippen molar-refractivity contribution in [1.82, 2.24) is 9.78 Å². The Kier molecular flexibility index (Phi) is 4.14. The summed E-state index contributed by atoms with van der Waals surface area (Å²) in [5.74, 6) is 0. The van der Waals surface area contributed by atoms with E-state index in [4.69, 9.17) is 5.73 Å². The highest BCUT2D eigenvalue weighted by atomic mass is 16.6. The zero-order valence-corrected chi connectivity index (χ0v) is 11.6. The summed E-state index contributed by atoms with van der Waals surface area (Å²) in [6.07, 6.45) is 4.49. The number of rotatable bonds is 5. The maximum Gasteiger partial charge on any atom is 0.272 e. The molecular weight excluding hydrogens is 256 g/mol. The van der Waals surface area contributed by atoms with Crippen LogP contribution in [0.3, 0.4) is 0 Å². The van der Waals surface area contributed by atoms with Gasteiger partial charge in [-0.3, -0.25) is 14.8 Å². The van der Waals surface area contributed by atoms with E-state index in [0.29, 0.717) is 12.1 Å². The lowest BCUT2D eigenvalue weighted by molar-refractivity contribution is -0.385. The lowest BCUT2D eigenvalue weighted by Crippen LogP contribution is -2.08. The van der Waals surface area contributed by atoms with Gasteiger partial charge in [0.2, 0.25) is 0 Å². The molecule has 2 N–H and O–H groups in total. The largest absolute Gasteiger partial charge is 0.324 e. The Balaban J connectivity index is 2.24. The maximum atomic E-state index is 10.9. The molecule has 6 nitrogen and oxygen atoms in total. The summed E-state index contributed by atoms with van der Waals surface area (Å²) >= 11 is 0. The van der Waals surface area contributed by atoms with Gasteiger partial charge in [0, 0.05) is 29.4 Å². The molecule has 0 aliphatic heterocycles. The zero-order valence-electron chi connectivity index (χ0n) is 11.6. The lowest BCUT2D eigenvalue weighted by Gasteiger charge is -2.07. The van der Waals surface area contributed by atoms with Gasteiger partial charge in [-0.25, -0.2) is 0 Å². The number of aromatic nitrogens is 2. The van der Waals surface area contributed by atoms with E-state index >= 15 is 0 Å². The van der Waals surface area contributed by atoms with Crippen LogP contribution in [-0.4, -0.2) is 14.7 Å². The summed E-state index contributed by atoms with van der Waals surface area (Å²) in [6.45, 7) is 4.28. The van der Waals surface area contributed by atoms with Gasteiger partial charge in [-0.1, -0.05) is 19.1 Å². The van der Waals surface area contributed by atoms with Crippen molar-refractivity contribution in [3.8, 4) is 0 Å². The number of nitrogens with two attached hydrogens (primary N) is 1. The Morgan fingerprint density at radius 2 is 2.25 bits per heavy atom. The molecule has 20 heavy (non-hydrogen) atoms. The Bertz CT molecular complexity index is 621. The van der Waals surface area contributed by atoms with E-state index < -0.39 is 0 Å². The third kappa shape index (κ3) is 2.85. The third-order valence-corrected chi connectivity index (χ3v) is 3.47. The molecule has 0 amide bonds. The monoisotopic (exact) mass is 274 g/mol. The van der Waals surface area contributed by atoms with E-state index in [-0.39, 0.29) is 16.7 Å². The van der Waals surface area contributed by atoms with Crippen LogP contribution in [0.1, 0.15) is 36.1 Å². The number of nitro benzene ring substituents is 1. The number of nitrogens with zero attached hydrogens (tertiary/aromatic N) is 3. The smallest absolute Gasteiger partial charge is 0.272 e. The van der Waals surface area contributed by atoms with Crippen molar-refractivity contribution in [2.75, 3.05) is 0 Å². The van der Waals surface area contributed by atoms with Gasteiger partial charge >= 0.3 is 0 Å². The Hall–Kier alpha value is -2.21. The second-order valence-corrected chi connectivity index (χ2v) is 4.80. The Morgan fingerprint density at radius 3 is 2.90 bits per heavy atom. The van der Waals surface area contributed by atoms with Gasteiger partial charge in [-0.05, 0) is 18.9 Å². The van der Waals surface area contributed by atoms with Crippen LogP contribution in [0.4, 0.5) is 5.69 Å². The van der Waals surface area contributed by atoms with Gasteiger partial charge < -0.3 is 5.73 Å². The molecule has 1 atom stereocenters. The summed E-state index contributed by atoms with van der Waals surface area (Å²) in [7, 11) is 0. The van der Waals surface area contributed by atoms with Crippen LogP contribution in [0.5, 0.6) is 0 Å². The van der Waals surface area contributed by atoms with E-state index in [1.807, 2.05) is 19.2 Å². The van der Waals surface area contributed by atoms with Crippen molar-refractivity contribution in [3.63, 3.8) is 0 Å². The fourth-order valence-electron chi connectivity index (χ4n) is 2.11. The zero-order chi connectivity index (χ0) is 14.7. The molecular formula is C14H18N4O2. The molecule has 0 saturated heterocycles. The minimum absolute atomic E-state index is 0.0186. The Labute approximate surface area is 117 Å². The highest BCUT2D eigenvalue weighted by Crippen LogP contribution is 2.22. The fourth-order valence-corrected chi connectivity index (χ4v) is 2.11. The summed E-state index contributed by atoms with van der Waals surface area (Å²) < 4.78 is 1.76. The predicted molar refractivity (Wildman–Crippen MR) is 76.4 cm³/mol. The summed E-state index contributed by atoms with van der Waals surface area (Å²) in [4.78, 5) is 10.6. The average Bonchev–Trinajstić information content (AvgIpc) is 2.88. The highest BCUT2D eigenvalue weighted by molar-refractivity contribution is 5.44. The van der Waals surface area contributed by atoms with E-state index in [1.54, 1.807) is 23.9 Å². The molecule has 6 heteroatoms. The molecule has 0 bridgehead atoms. The SMILES string of the molecule is CCC(N)c1cnn(Cc2cccc([N+](=O)[O-])c2C)c1. The molecule has 106 valence electrons. The van der Waals surface area contributed by atoms with Crippen molar-refractivity contribution in [2.45, 2.75) is 32.9 Å². The van der Waals surface area contributed by atoms with Gasteiger partial charge in [0.05, 0.1) is 17.7 Å². The van der Waals surface area contributed by atoms with Crippen LogP contribution in [0.15, 0.2) is 30.6 Å². The van der Waals surface area contributed by atoms with Gasteiger partial charge in [0.25, 0.3) is 5.69 Å². The molecule has 0 radical (unpaired) electrons. The standard InChI is InChI=1S/C14H18N4O2/c1-3-13(15)12-7-16-17(9-12)8-11-5-4-6-14(10(11)2)18(19)20/h4-7,9,13H,3,8,15H2,1-2H3. The van der Waals surface area contributed by atoms with Crippen LogP contribution >= 0.6 is 0 Å². The molecule has 1 aromatic carbocycles. The lowest BCUT2D eigenvalue weighted by atomic mass is 10.1. The number of nitro groups is 1. The molecule has 0 spiro atoms. The van der Waals surface area contributed by atoms with Crippen molar-refractivity contribution >= 4 is 5.69 Å². The molecule has 2 aromatic rings. The Morgan fingerprint density at radius 1 is 1.50 bits per heavy atom. The van der Waals surface area contributed by atoms with Crippen molar-refractivity contribution in [1.29, 1.82) is 0 Å². The predicted octanol–water partition coefficient (Wildman–Crippen LogP) is 2.56. The van der Waals surface area contributed by atoms with E-state index in [9.17, 15) is 10.1 Å². The van der Waals surface area contributed by atoms with E-state index in [0.717, 1.165) is 17.5 Å². The van der Waals surface area contributed by atoms with E-state index in [1.165, 1.54) is 6.07 Å². The number of hydrogen-bond donors (Lipinski definition) is 1. The van der Waals surface area contributed by atoms with Gasteiger partial charge in [0.15, 0.2) is 0 Å². The summed E-state index contributed by atoms with van der Waals surface area (Å²) in [5, 5.41) is 15.2. The molecule has 0 fully saturated rings. The molecule has 0 aliphatic carbocycles. The van der Waals surface area contributed by atoms with Crippen molar-refractivity contribution < 1.29 is 4.92 Å². The van der Waals surface area contributed by atoms with Crippen LogP contribution in [0.25, 0.3) is 0 Å². The molecule has 1 aromatic heterocycles. The maximum absolute atomic E-state index is 10.9. The first-order valence-electron chi connectivity index (χ1n) is 6.53. The molecule has 2 rings (SSSR count). The van der Waals surface area contributed by atoms with Crippen molar-refractivity contribution in [2.24, 2.45) is 5.73 Å². The number of hydrogen-bond acceptors (Lipinski definition) is 4. The van der Waals surface area contributed by atoms with Gasteiger partial charge in [-0.2, -0.15) is 5.10 Å². The first kappa shape index (κ1) is 14.2. The molecule has 1 heterocycles. The molecule has 1 unspecified atom stereocenters. The highest BCUT2D eigenvalue weighted by Gasteiger charge is 2.14. The third-order valence-electron chi connectivity index (χ3n) is 3.47. The van der Waals surface area contributed by atoms with Crippen LogP contribution in [0.2, 0.25) is 0 Å². The minimum Gasteiger partial charge on any atom is -0.324 e. The van der Waals surface area contributed by atoms with E-state index in [2.05, 4.69) is 5.10 Å². The second kappa shape index (κ2) is 5.83. The van der Waals surface area contributed by atoms with Crippen LogP contribution in [-0.2, 0) is 6.54 Å². The van der Waals surface area contributed by atoms with Gasteiger partial charge in [-0.15, -0.1) is 0 Å². The minimum atomic E-state index is -0.361. The first-order valence-corrected chi connectivity index (χ1v) is 6.53. The summed E-state index contributed by atoms with van der Waals surface area (Å²) in [6, 6.07) is 5.07. The topological polar surface area (TPSA) is 87.0 Å². The second-order valence-electron chi connectivity index (χ2n) is 4.80. The van der Waals surface area contributed by atoms with Crippen LogP contribution in [0, 0.1) is 17.0 Å². The fraction of sp³-hybridized carbons (Fsp3) is 0.357. The molecule has 0 saturated carbocycles.